The van der Waals surface area contributed by atoms with Crippen LogP contribution < -0.4 is 19.5 Å². The van der Waals surface area contributed by atoms with Crippen LogP contribution in [0.1, 0.15) is 35.4 Å². The lowest BCUT2D eigenvalue weighted by Gasteiger charge is -2.12. The third-order valence-electron chi connectivity index (χ3n) is 7.06. The Balaban J connectivity index is 1.13. The SMILES string of the molecule is COc1ccc(C(=O)NCCCCCc2nc3ccccc3n2CCOc2cccc3ccccc23)cc1OC. The number of nitrogens with zero attached hydrogens (tertiary/aromatic N) is 2. The van der Waals surface area contributed by atoms with Gasteiger partial charge in [0.05, 0.1) is 31.8 Å². The minimum Gasteiger partial charge on any atom is -0.493 e. The minimum absolute atomic E-state index is 0.117. The standard InChI is InChI=1S/C33H35N3O4/c1-38-30-19-18-25(23-31(30)39-2)33(37)34-20-9-3-4-17-32-35-27-14-7-8-15-28(27)36(32)21-22-40-29-16-10-12-24-11-5-6-13-26(24)29/h5-8,10-16,18-19,23H,3-4,9,17,20-22H2,1-2H3,(H,34,37). The number of hydrogen-bond donors (Lipinski definition) is 1. The Hall–Kier alpha value is -4.52. The second kappa shape index (κ2) is 13.0. The predicted octanol–water partition coefficient (Wildman–Crippen LogP) is 6.43. The molecule has 1 amide bonds. The molecule has 7 nitrogen and oxygen atoms in total. The van der Waals surface area contributed by atoms with Gasteiger partial charge in [-0.25, -0.2) is 4.98 Å². The Labute approximate surface area is 234 Å². The molecular weight excluding hydrogens is 502 g/mol. The molecule has 5 aromatic rings. The van der Waals surface area contributed by atoms with E-state index in [1.165, 1.54) is 5.39 Å². The van der Waals surface area contributed by atoms with Crippen molar-refractivity contribution in [1.29, 1.82) is 0 Å². The van der Waals surface area contributed by atoms with Crippen LogP contribution in [0.3, 0.4) is 0 Å². The van der Waals surface area contributed by atoms with E-state index >= 15 is 0 Å². The molecule has 0 aliphatic carbocycles. The quantitative estimate of drug-likeness (QED) is 0.175. The van der Waals surface area contributed by atoms with Crippen LogP contribution in [-0.4, -0.2) is 42.8 Å². The maximum absolute atomic E-state index is 12.6. The number of carbonyl (C=O) groups excluding carboxylic acids is 1. The molecule has 0 saturated carbocycles. The van der Waals surface area contributed by atoms with E-state index in [-0.39, 0.29) is 5.91 Å². The highest BCUT2D eigenvalue weighted by Gasteiger charge is 2.12. The van der Waals surface area contributed by atoms with Crippen LogP contribution in [0.15, 0.2) is 84.9 Å². The zero-order valence-electron chi connectivity index (χ0n) is 23.1. The number of nitrogens with one attached hydrogen (secondary N) is 1. The molecule has 1 heterocycles. The number of aromatic nitrogens is 2. The molecule has 0 fully saturated rings. The summed E-state index contributed by atoms with van der Waals surface area (Å²) >= 11 is 0. The van der Waals surface area contributed by atoms with Gasteiger partial charge < -0.3 is 24.1 Å². The van der Waals surface area contributed by atoms with Gasteiger partial charge in [-0.1, -0.05) is 55.0 Å². The van der Waals surface area contributed by atoms with Crippen LogP contribution in [0, 0.1) is 0 Å². The van der Waals surface area contributed by atoms with Gasteiger partial charge >= 0.3 is 0 Å². The summed E-state index contributed by atoms with van der Waals surface area (Å²) in [6, 6.07) is 27.9. The van der Waals surface area contributed by atoms with Gasteiger partial charge in [-0.3, -0.25) is 4.79 Å². The van der Waals surface area contributed by atoms with Crippen molar-refractivity contribution in [1.82, 2.24) is 14.9 Å². The normalized spacial score (nSPS) is 11.1. The molecule has 0 aliphatic rings. The van der Waals surface area contributed by atoms with Crippen LogP contribution >= 0.6 is 0 Å². The molecule has 4 aromatic carbocycles. The Kier molecular flexibility index (Phi) is 8.81. The van der Waals surface area contributed by atoms with Gasteiger partial charge in [0.2, 0.25) is 0 Å². The number of imidazole rings is 1. The largest absolute Gasteiger partial charge is 0.493 e. The van der Waals surface area contributed by atoms with Gasteiger partial charge in [-0.2, -0.15) is 0 Å². The van der Waals surface area contributed by atoms with Crippen molar-refractivity contribution in [3.8, 4) is 17.2 Å². The molecule has 0 bridgehead atoms. The summed E-state index contributed by atoms with van der Waals surface area (Å²) in [5.74, 6) is 3.00. The molecule has 7 heteroatoms. The van der Waals surface area contributed by atoms with Crippen LogP contribution in [0.4, 0.5) is 0 Å². The summed E-state index contributed by atoms with van der Waals surface area (Å²) in [4.78, 5) is 17.5. The molecule has 0 aliphatic heterocycles. The number of unbranched alkanes of at least 4 members (excludes halogenated alkanes) is 2. The molecule has 0 radical (unpaired) electrons. The van der Waals surface area contributed by atoms with Gasteiger partial charge in [-0.05, 0) is 54.6 Å². The van der Waals surface area contributed by atoms with Gasteiger partial charge in [0, 0.05) is 23.9 Å². The van der Waals surface area contributed by atoms with Crippen LogP contribution in [0.5, 0.6) is 17.2 Å². The summed E-state index contributed by atoms with van der Waals surface area (Å²) in [7, 11) is 3.14. The van der Waals surface area contributed by atoms with Crippen molar-refractivity contribution in [3.05, 3.63) is 96.3 Å². The van der Waals surface area contributed by atoms with Gasteiger partial charge in [0.25, 0.3) is 5.91 Å². The summed E-state index contributed by atoms with van der Waals surface area (Å²) in [6.07, 6.45) is 3.73. The van der Waals surface area contributed by atoms with Crippen LogP contribution in [0.2, 0.25) is 0 Å². The predicted molar refractivity (Wildman–Crippen MR) is 159 cm³/mol. The van der Waals surface area contributed by atoms with Crippen molar-refractivity contribution in [2.75, 3.05) is 27.4 Å². The molecule has 0 spiro atoms. The smallest absolute Gasteiger partial charge is 0.251 e. The first kappa shape index (κ1) is 27.1. The Morgan fingerprint density at radius 1 is 0.825 bits per heavy atom. The Morgan fingerprint density at radius 2 is 1.62 bits per heavy atom. The first-order valence-corrected chi connectivity index (χ1v) is 13.7. The number of fused-ring (bicyclic) bond motifs is 2. The number of aryl methyl sites for hydroxylation is 1. The molecular formula is C33H35N3O4. The van der Waals surface area contributed by atoms with Crippen molar-refractivity contribution >= 4 is 27.7 Å². The number of rotatable bonds is 13. The van der Waals surface area contributed by atoms with Gasteiger partial charge in [0.1, 0.15) is 18.2 Å². The fourth-order valence-corrected chi connectivity index (χ4v) is 5.00. The van der Waals surface area contributed by atoms with E-state index in [9.17, 15) is 4.79 Å². The molecule has 1 aromatic heterocycles. The third-order valence-corrected chi connectivity index (χ3v) is 7.06. The second-order valence-electron chi connectivity index (χ2n) is 9.63. The van der Waals surface area contributed by atoms with E-state index in [0.717, 1.165) is 60.2 Å². The average molecular weight is 538 g/mol. The molecule has 206 valence electrons. The van der Waals surface area contributed by atoms with Gasteiger partial charge in [0.15, 0.2) is 11.5 Å². The van der Waals surface area contributed by atoms with Crippen LogP contribution in [0.25, 0.3) is 21.8 Å². The Bertz CT molecular complexity index is 1590. The summed E-state index contributed by atoms with van der Waals surface area (Å²) in [5.41, 5.74) is 2.68. The highest BCUT2D eigenvalue weighted by atomic mass is 16.5. The van der Waals surface area contributed by atoms with Crippen molar-refractivity contribution in [2.45, 2.75) is 32.2 Å². The number of carbonyl (C=O) groups is 1. The molecule has 5 rings (SSSR count). The highest BCUT2D eigenvalue weighted by molar-refractivity contribution is 5.94. The highest BCUT2D eigenvalue weighted by Crippen LogP contribution is 2.28. The topological polar surface area (TPSA) is 74.6 Å². The Morgan fingerprint density at radius 3 is 2.50 bits per heavy atom. The maximum atomic E-state index is 12.6. The number of methoxy groups -OCH3 is 2. The van der Waals surface area contributed by atoms with Crippen molar-refractivity contribution in [2.24, 2.45) is 0 Å². The first-order valence-electron chi connectivity index (χ1n) is 13.7. The van der Waals surface area contributed by atoms with E-state index in [0.29, 0.717) is 30.2 Å². The number of amides is 1. The summed E-state index contributed by atoms with van der Waals surface area (Å²) in [5, 5.41) is 5.30. The molecule has 0 unspecified atom stereocenters. The number of ether oxygens (including phenoxy) is 3. The fourth-order valence-electron chi connectivity index (χ4n) is 5.00. The monoisotopic (exact) mass is 537 g/mol. The van der Waals surface area contributed by atoms with Crippen LogP contribution in [-0.2, 0) is 13.0 Å². The third kappa shape index (κ3) is 6.20. The molecule has 1 N–H and O–H groups in total. The summed E-state index contributed by atoms with van der Waals surface area (Å²) in [6.45, 7) is 1.90. The van der Waals surface area contributed by atoms with E-state index in [4.69, 9.17) is 19.2 Å². The van der Waals surface area contributed by atoms with E-state index in [2.05, 4.69) is 46.3 Å². The van der Waals surface area contributed by atoms with E-state index in [1.54, 1.807) is 32.4 Å². The lowest BCUT2D eigenvalue weighted by Crippen LogP contribution is -2.24. The van der Waals surface area contributed by atoms with Gasteiger partial charge in [-0.15, -0.1) is 0 Å². The van der Waals surface area contributed by atoms with E-state index in [1.807, 2.05) is 30.3 Å². The lowest BCUT2D eigenvalue weighted by molar-refractivity contribution is 0.0952. The van der Waals surface area contributed by atoms with Crippen molar-refractivity contribution in [3.63, 3.8) is 0 Å². The first-order chi connectivity index (χ1) is 19.7. The zero-order valence-corrected chi connectivity index (χ0v) is 23.1. The van der Waals surface area contributed by atoms with E-state index < -0.39 is 0 Å². The summed E-state index contributed by atoms with van der Waals surface area (Å²) < 4.78 is 19.1. The molecule has 0 saturated heterocycles. The maximum Gasteiger partial charge on any atom is 0.251 e. The zero-order chi connectivity index (χ0) is 27.7. The molecule has 0 atom stereocenters. The van der Waals surface area contributed by atoms with Crippen molar-refractivity contribution < 1.29 is 19.0 Å². The fraction of sp³-hybridized carbons (Fsp3) is 0.273. The number of benzene rings is 4. The average Bonchev–Trinajstić information content (AvgIpc) is 3.35. The number of para-hydroxylation sites is 2. The lowest BCUT2D eigenvalue weighted by atomic mass is 10.1. The minimum atomic E-state index is -0.117. The molecule has 40 heavy (non-hydrogen) atoms. The second-order valence-corrected chi connectivity index (χ2v) is 9.63. The number of hydrogen-bond acceptors (Lipinski definition) is 5.